The Balaban J connectivity index is 2.22. The van der Waals surface area contributed by atoms with Gasteiger partial charge in [-0.25, -0.2) is 4.79 Å². The predicted molar refractivity (Wildman–Crippen MR) is 95.6 cm³/mol. The van der Waals surface area contributed by atoms with Crippen LogP contribution in [0.2, 0.25) is 0 Å². The highest BCUT2D eigenvalue weighted by Crippen LogP contribution is 2.12. The van der Waals surface area contributed by atoms with E-state index >= 15 is 0 Å². The molecule has 2 heterocycles. The number of hydrogen-bond acceptors (Lipinski definition) is 9. The summed E-state index contributed by atoms with van der Waals surface area (Å²) in [5.41, 5.74) is 15.2. The molecule has 0 saturated heterocycles. The van der Waals surface area contributed by atoms with E-state index in [1.807, 2.05) is 0 Å². The Morgan fingerprint density at radius 3 is 2.65 bits per heavy atom. The normalized spacial score (nSPS) is 12.3. The van der Waals surface area contributed by atoms with Crippen molar-refractivity contribution in [2.45, 2.75) is 31.8 Å². The van der Waals surface area contributed by atoms with Crippen LogP contribution in [0, 0.1) is 0 Å². The minimum absolute atomic E-state index is 0.000516. The highest BCUT2D eigenvalue weighted by atomic mass is 16.4. The number of carbonyl (C=O) groups is 1. The molecule has 1 atom stereocenters. The molecule has 12 nitrogen and oxygen atoms in total. The summed E-state index contributed by atoms with van der Waals surface area (Å²) in [5, 5.41) is 12.1. The molecule has 142 valence electrons. The SMILES string of the molecule is NCCCC[C@H](NCCn1c(=O)[nH]c(=O)c2c(N)nc(N)nc21)C(=O)O. The van der Waals surface area contributed by atoms with Crippen molar-refractivity contribution in [2.75, 3.05) is 24.6 Å². The molecule has 2 aromatic rings. The van der Waals surface area contributed by atoms with Crippen molar-refractivity contribution >= 4 is 28.8 Å². The fourth-order valence-electron chi connectivity index (χ4n) is 2.58. The molecule has 0 fully saturated rings. The van der Waals surface area contributed by atoms with E-state index in [2.05, 4.69) is 20.3 Å². The molecule has 9 N–H and O–H groups in total. The summed E-state index contributed by atoms with van der Waals surface area (Å²) in [6, 6.07) is -0.768. The topological polar surface area (TPSA) is 208 Å². The van der Waals surface area contributed by atoms with Crippen LogP contribution in [0.5, 0.6) is 0 Å². The first-order chi connectivity index (χ1) is 12.3. The quantitative estimate of drug-likeness (QED) is 0.264. The van der Waals surface area contributed by atoms with Gasteiger partial charge in [0.15, 0.2) is 5.65 Å². The molecule has 0 unspecified atom stereocenters. The van der Waals surface area contributed by atoms with E-state index in [9.17, 15) is 19.5 Å². The average Bonchev–Trinajstić information content (AvgIpc) is 2.54. The lowest BCUT2D eigenvalue weighted by Gasteiger charge is -2.15. The van der Waals surface area contributed by atoms with E-state index in [-0.39, 0.29) is 35.9 Å². The average molecular weight is 366 g/mol. The van der Waals surface area contributed by atoms with Crippen LogP contribution in [0.3, 0.4) is 0 Å². The number of nitrogen functional groups attached to an aromatic ring is 2. The first-order valence-corrected chi connectivity index (χ1v) is 8.07. The first kappa shape index (κ1) is 19.3. The molecular formula is C14H22N8O4. The Hall–Kier alpha value is -2.99. The van der Waals surface area contributed by atoms with E-state index in [1.165, 1.54) is 0 Å². The van der Waals surface area contributed by atoms with Crippen LogP contribution in [0.1, 0.15) is 19.3 Å². The molecule has 0 radical (unpaired) electrons. The maximum absolute atomic E-state index is 12.1. The summed E-state index contributed by atoms with van der Waals surface area (Å²) in [6.07, 6.45) is 1.81. The maximum Gasteiger partial charge on any atom is 0.330 e. The van der Waals surface area contributed by atoms with Gasteiger partial charge in [-0.05, 0) is 19.4 Å². The van der Waals surface area contributed by atoms with Crippen molar-refractivity contribution in [1.82, 2.24) is 24.8 Å². The summed E-state index contributed by atoms with van der Waals surface area (Å²) < 4.78 is 1.16. The Labute approximate surface area is 147 Å². The van der Waals surface area contributed by atoms with Crippen molar-refractivity contribution in [3.05, 3.63) is 20.8 Å². The number of H-pyrrole nitrogens is 1. The van der Waals surface area contributed by atoms with Crippen molar-refractivity contribution in [3.8, 4) is 0 Å². The number of nitrogens with two attached hydrogens (primary N) is 3. The molecule has 0 aromatic carbocycles. The number of anilines is 2. The Morgan fingerprint density at radius 1 is 1.27 bits per heavy atom. The van der Waals surface area contributed by atoms with Crippen LogP contribution in [-0.2, 0) is 11.3 Å². The first-order valence-electron chi connectivity index (χ1n) is 8.07. The van der Waals surface area contributed by atoms with E-state index < -0.39 is 23.3 Å². The number of fused-ring (bicyclic) bond motifs is 1. The number of unbranched alkanes of at least 4 members (excludes halogenated alkanes) is 1. The van der Waals surface area contributed by atoms with Gasteiger partial charge in [-0.1, -0.05) is 6.42 Å². The third-order valence-corrected chi connectivity index (χ3v) is 3.85. The third kappa shape index (κ3) is 4.34. The molecule has 0 amide bonds. The minimum Gasteiger partial charge on any atom is -0.480 e. The fourth-order valence-corrected chi connectivity index (χ4v) is 2.58. The summed E-state index contributed by atoms with van der Waals surface area (Å²) in [7, 11) is 0. The highest BCUT2D eigenvalue weighted by molar-refractivity contribution is 5.85. The Kier molecular flexibility index (Phi) is 6.25. The molecule has 12 heteroatoms. The van der Waals surface area contributed by atoms with Gasteiger partial charge in [-0.15, -0.1) is 0 Å². The van der Waals surface area contributed by atoms with Gasteiger partial charge in [0, 0.05) is 13.1 Å². The number of carboxylic acids is 1. The molecule has 0 aliphatic heterocycles. The second-order valence-corrected chi connectivity index (χ2v) is 5.71. The maximum atomic E-state index is 12.1. The van der Waals surface area contributed by atoms with Crippen molar-refractivity contribution in [3.63, 3.8) is 0 Å². The Bertz CT molecular complexity index is 906. The number of nitrogens with zero attached hydrogens (tertiary/aromatic N) is 3. The summed E-state index contributed by atoms with van der Waals surface area (Å²) in [4.78, 5) is 45.1. The Morgan fingerprint density at radius 2 is 2.00 bits per heavy atom. The lowest BCUT2D eigenvalue weighted by atomic mass is 10.1. The smallest absolute Gasteiger partial charge is 0.330 e. The van der Waals surface area contributed by atoms with Gasteiger partial charge < -0.3 is 27.6 Å². The number of aromatic amines is 1. The lowest BCUT2D eigenvalue weighted by molar-refractivity contribution is -0.139. The van der Waals surface area contributed by atoms with Gasteiger partial charge >= 0.3 is 11.7 Å². The van der Waals surface area contributed by atoms with Crippen LogP contribution in [0.4, 0.5) is 11.8 Å². The van der Waals surface area contributed by atoms with Crippen LogP contribution >= 0.6 is 0 Å². The van der Waals surface area contributed by atoms with E-state index in [1.54, 1.807) is 0 Å². The van der Waals surface area contributed by atoms with Crippen LogP contribution in [0.25, 0.3) is 11.0 Å². The number of nitrogens with one attached hydrogen (secondary N) is 2. The molecule has 0 bridgehead atoms. The highest BCUT2D eigenvalue weighted by Gasteiger charge is 2.17. The summed E-state index contributed by atoms with van der Waals surface area (Å²) in [5.74, 6) is -1.30. The number of carboxylic acid groups (broad SMARTS) is 1. The molecule has 0 saturated carbocycles. The molecule has 2 aromatic heterocycles. The van der Waals surface area contributed by atoms with Crippen LogP contribution in [0.15, 0.2) is 9.59 Å². The zero-order valence-electron chi connectivity index (χ0n) is 14.1. The van der Waals surface area contributed by atoms with Gasteiger partial charge in [-0.2, -0.15) is 9.97 Å². The second kappa shape index (κ2) is 8.40. The summed E-state index contributed by atoms with van der Waals surface area (Å²) >= 11 is 0. The van der Waals surface area contributed by atoms with Crippen molar-refractivity contribution < 1.29 is 9.90 Å². The second-order valence-electron chi connectivity index (χ2n) is 5.71. The molecular weight excluding hydrogens is 344 g/mol. The van der Waals surface area contributed by atoms with E-state index in [4.69, 9.17) is 17.2 Å². The molecule has 26 heavy (non-hydrogen) atoms. The number of hydrogen-bond donors (Lipinski definition) is 6. The predicted octanol–water partition coefficient (Wildman–Crippen LogP) is -2.18. The zero-order chi connectivity index (χ0) is 19.3. The van der Waals surface area contributed by atoms with Crippen LogP contribution < -0.4 is 33.8 Å². The van der Waals surface area contributed by atoms with Gasteiger partial charge in [-0.3, -0.25) is 19.1 Å². The molecule has 0 aliphatic carbocycles. The number of aliphatic carboxylic acids is 1. The third-order valence-electron chi connectivity index (χ3n) is 3.85. The largest absolute Gasteiger partial charge is 0.480 e. The van der Waals surface area contributed by atoms with Crippen molar-refractivity contribution in [2.24, 2.45) is 5.73 Å². The lowest BCUT2D eigenvalue weighted by Crippen LogP contribution is -2.40. The minimum atomic E-state index is -0.989. The van der Waals surface area contributed by atoms with E-state index in [0.29, 0.717) is 19.4 Å². The fraction of sp³-hybridized carbons (Fsp3) is 0.500. The van der Waals surface area contributed by atoms with Gasteiger partial charge in [0.1, 0.15) is 17.2 Å². The number of rotatable bonds is 9. The molecule has 0 spiro atoms. The van der Waals surface area contributed by atoms with Crippen molar-refractivity contribution in [1.29, 1.82) is 0 Å². The standard InChI is InChI=1S/C14H22N8O4/c15-4-2-1-3-7(12(24)25)18-5-6-22-10-8(11(23)21-14(22)26)9(16)19-13(17)20-10/h7,18H,1-6,15H2,(H,24,25)(H,21,23,26)(H4,16,17,19,20)/t7-/m0/s1. The molecule has 0 aliphatic rings. The van der Waals surface area contributed by atoms with Gasteiger partial charge in [0.25, 0.3) is 5.56 Å². The summed E-state index contributed by atoms with van der Waals surface area (Å²) in [6.45, 7) is 0.709. The monoisotopic (exact) mass is 366 g/mol. The van der Waals surface area contributed by atoms with Crippen LogP contribution in [-0.4, -0.2) is 49.7 Å². The van der Waals surface area contributed by atoms with E-state index in [0.717, 1.165) is 11.0 Å². The molecule has 2 rings (SSSR count). The van der Waals surface area contributed by atoms with Gasteiger partial charge in [0.2, 0.25) is 5.95 Å². The number of aromatic nitrogens is 4. The zero-order valence-corrected chi connectivity index (χ0v) is 14.1. The van der Waals surface area contributed by atoms with Gasteiger partial charge in [0.05, 0.1) is 0 Å².